The van der Waals surface area contributed by atoms with Crippen LogP contribution in [0.25, 0.3) is 0 Å². The number of nitrogens with two attached hydrogens (primary N) is 3. The number of halogens is 1. The Bertz CT molecular complexity index is 1310. The quantitative estimate of drug-likeness (QED) is 0.108. The summed E-state index contributed by atoms with van der Waals surface area (Å²) in [6, 6.07) is 10.7. The Labute approximate surface area is 205 Å². The molecule has 1 atom stereocenters. The lowest BCUT2D eigenvalue weighted by atomic mass is 10.0. The van der Waals surface area contributed by atoms with Crippen molar-refractivity contribution in [1.82, 2.24) is 26.0 Å². The van der Waals surface area contributed by atoms with E-state index in [0.717, 1.165) is 6.33 Å². The molecule has 0 saturated heterocycles. The third-order valence-electron chi connectivity index (χ3n) is 5.15. The van der Waals surface area contributed by atoms with Crippen LogP contribution >= 0.6 is 0 Å². The van der Waals surface area contributed by atoms with Gasteiger partial charge in [0.15, 0.2) is 5.84 Å². The molecule has 0 aliphatic heterocycles. The van der Waals surface area contributed by atoms with Crippen LogP contribution in [-0.2, 0) is 11.3 Å². The van der Waals surface area contributed by atoms with E-state index in [-0.39, 0.29) is 29.6 Å². The smallest absolute Gasteiger partial charge is 0.270 e. The molecule has 9 N–H and O–H groups in total. The molecule has 1 heterocycles. The molecule has 1 unspecified atom stereocenters. The highest BCUT2D eigenvalue weighted by Crippen LogP contribution is 2.15. The summed E-state index contributed by atoms with van der Waals surface area (Å²) in [6.45, 7) is 1.74. The van der Waals surface area contributed by atoms with E-state index in [4.69, 9.17) is 17.4 Å². The topological polar surface area (TPSA) is 204 Å². The maximum absolute atomic E-state index is 13.4. The van der Waals surface area contributed by atoms with Gasteiger partial charge in [-0.2, -0.15) is 5.10 Å². The minimum Gasteiger partial charge on any atom is -0.368 e. The van der Waals surface area contributed by atoms with Gasteiger partial charge in [0, 0.05) is 18.2 Å². The summed E-state index contributed by atoms with van der Waals surface area (Å²) in [4.78, 5) is 45.1. The van der Waals surface area contributed by atoms with Gasteiger partial charge >= 0.3 is 0 Å². The fourth-order valence-electron chi connectivity index (χ4n) is 3.25. The largest absolute Gasteiger partial charge is 0.368 e. The number of hydrazone groups is 1. The Kier molecular flexibility index (Phi) is 8.20. The third-order valence-corrected chi connectivity index (χ3v) is 5.15. The first-order valence-corrected chi connectivity index (χ1v) is 10.5. The Morgan fingerprint density at radius 2 is 1.69 bits per heavy atom. The molecule has 0 fully saturated rings. The van der Waals surface area contributed by atoms with Crippen molar-refractivity contribution in [2.75, 3.05) is 0 Å². The number of hydrazine groups is 1. The Morgan fingerprint density at radius 3 is 2.28 bits per heavy atom. The van der Waals surface area contributed by atoms with E-state index in [1.165, 1.54) is 12.1 Å². The molecule has 0 aliphatic carbocycles. The van der Waals surface area contributed by atoms with Gasteiger partial charge in [0.2, 0.25) is 5.91 Å². The first-order chi connectivity index (χ1) is 17.2. The van der Waals surface area contributed by atoms with E-state index in [1.807, 2.05) is 0 Å². The fraction of sp³-hybridized carbons (Fsp3) is 0.130. The molecule has 12 nitrogen and oxygen atoms in total. The molecule has 3 rings (SSSR count). The van der Waals surface area contributed by atoms with Crippen molar-refractivity contribution in [2.24, 2.45) is 22.5 Å². The van der Waals surface area contributed by atoms with E-state index in [2.05, 4.69) is 31.1 Å². The summed E-state index contributed by atoms with van der Waals surface area (Å²) in [7, 11) is 0. The van der Waals surface area contributed by atoms with Crippen molar-refractivity contribution in [1.29, 1.82) is 0 Å². The van der Waals surface area contributed by atoms with Crippen LogP contribution < -0.4 is 33.5 Å². The average Bonchev–Trinajstić information content (AvgIpc) is 2.88. The van der Waals surface area contributed by atoms with Crippen molar-refractivity contribution in [2.45, 2.75) is 19.5 Å². The maximum Gasteiger partial charge on any atom is 0.270 e. The standard InChI is InChI=1S/C23H24FN9O3/c1-12-8-13(2-7-16(12)24)10-28-22(35)17-9-18(30-11-29-17)23(36)31-19(20(25)34)14-3-5-15(6-4-14)21(32-26)33-27/h2-9,11,19H,10,26-27H2,1H3,(H2,25,34)(H,28,35)(H,31,36)(H,32,33). The van der Waals surface area contributed by atoms with Gasteiger partial charge < -0.3 is 27.6 Å². The highest BCUT2D eigenvalue weighted by molar-refractivity contribution is 6.00. The van der Waals surface area contributed by atoms with Crippen LogP contribution in [0.15, 0.2) is 60.0 Å². The molecule has 2 aromatic carbocycles. The first-order valence-electron chi connectivity index (χ1n) is 10.5. The number of amidine groups is 1. The number of hydrogen-bond donors (Lipinski definition) is 6. The number of nitrogens with one attached hydrogen (secondary N) is 3. The summed E-state index contributed by atoms with van der Waals surface area (Å²) in [5, 5.41) is 8.63. The maximum atomic E-state index is 13.4. The van der Waals surface area contributed by atoms with Gasteiger partial charge in [-0.05, 0) is 29.7 Å². The van der Waals surface area contributed by atoms with Gasteiger partial charge in [-0.25, -0.2) is 20.2 Å². The number of aryl methyl sites for hydroxylation is 1. The number of hydrogen-bond acceptors (Lipinski definition) is 8. The second-order valence-electron chi connectivity index (χ2n) is 7.61. The lowest BCUT2D eigenvalue weighted by molar-refractivity contribution is -0.120. The predicted octanol–water partition coefficient (Wildman–Crippen LogP) is -0.106. The minimum absolute atomic E-state index is 0.0724. The van der Waals surface area contributed by atoms with Crippen LogP contribution in [0.1, 0.15) is 49.3 Å². The van der Waals surface area contributed by atoms with Crippen LogP contribution in [0.3, 0.4) is 0 Å². The van der Waals surface area contributed by atoms with Gasteiger partial charge in [-0.1, -0.05) is 36.4 Å². The number of aromatic nitrogens is 2. The molecule has 0 aliphatic rings. The van der Waals surface area contributed by atoms with Crippen LogP contribution in [0.2, 0.25) is 0 Å². The zero-order valence-corrected chi connectivity index (χ0v) is 19.2. The SMILES string of the molecule is Cc1cc(CNC(=O)c2cc(C(=O)NC(C(N)=O)c3ccc(/C(=N/N)NN)cc3)ncn2)ccc1F. The molecule has 13 heteroatoms. The number of carbonyl (C=O) groups excluding carboxylic acids is 3. The number of primary amides is 1. The molecule has 36 heavy (non-hydrogen) atoms. The van der Waals surface area contributed by atoms with E-state index in [1.54, 1.807) is 43.3 Å². The van der Waals surface area contributed by atoms with Crippen LogP contribution in [0, 0.1) is 12.7 Å². The number of benzene rings is 2. The molecule has 0 saturated carbocycles. The van der Waals surface area contributed by atoms with Gasteiger partial charge in [-0.15, -0.1) is 0 Å². The highest BCUT2D eigenvalue weighted by atomic mass is 19.1. The van der Waals surface area contributed by atoms with Gasteiger partial charge in [0.05, 0.1) is 0 Å². The monoisotopic (exact) mass is 493 g/mol. The molecule has 0 radical (unpaired) electrons. The summed E-state index contributed by atoms with van der Waals surface area (Å²) in [6.07, 6.45) is 1.05. The Morgan fingerprint density at radius 1 is 1.03 bits per heavy atom. The molecule has 1 aromatic heterocycles. The van der Waals surface area contributed by atoms with E-state index in [0.29, 0.717) is 22.3 Å². The van der Waals surface area contributed by atoms with E-state index >= 15 is 0 Å². The van der Waals surface area contributed by atoms with Crippen molar-refractivity contribution in [3.8, 4) is 0 Å². The van der Waals surface area contributed by atoms with Crippen molar-refractivity contribution in [3.05, 3.63) is 94.3 Å². The van der Waals surface area contributed by atoms with E-state index in [9.17, 15) is 18.8 Å². The van der Waals surface area contributed by atoms with E-state index < -0.39 is 23.8 Å². The fourth-order valence-corrected chi connectivity index (χ4v) is 3.25. The molecular weight excluding hydrogens is 469 g/mol. The molecule has 3 amide bonds. The normalized spacial score (nSPS) is 11.9. The third kappa shape index (κ3) is 6.15. The van der Waals surface area contributed by atoms with Gasteiger partial charge in [-0.3, -0.25) is 14.4 Å². The van der Waals surface area contributed by atoms with Crippen LogP contribution in [-0.4, -0.2) is 33.5 Å². The Hall–Kier alpha value is -4.91. The van der Waals surface area contributed by atoms with Crippen molar-refractivity contribution < 1.29 is 18.8 Å². The first kappa shape index (κ1) is 25.7. The predicted molar refractivity (Wildman–Crippen MR) is 128 cm³/mol. The summed E-state index contributed by atoms with van der Waals surface area (Å²) >= 11 is 0. The van der Waals surface area contributed by atoms with Crippen molar-refractivity contribution >= 4 is 23.6 Å². The molecule has 0 spiro atoms. The molecule has 186 valence electrons. The molecule has 3 aromatic rings. The van der Waals surface area contributed by atoms with Crippen LogP contribution in [0.4, 0.5) is 4.39 Å². The minimum atomic E-state index is -1.19. The van der Waals surface area contributed by atoms with Crippen LogP contribution in [0.5, 0.6) is 0 Å². The number of carbonyl (C=O) groups is 3. The lowest BCUT2D eigenvalue weighted by Crippen LogP contribution is -2.38. The second kappa shape index (κ2) is 11.5. The summed E-state index contributed by atoms with van der Waals surface area (Å²) in [5.41, 5.74) is 9.66. The van der Waals surface area contributed by atoms with Gasteiger partial charge in [0.25, 0.3) is 11.8 Å². The zero-order valence-electron chi connectivity index (χ0n) is 19.2. The lowest BCUT2D eigenvalue weighted by Gasteiger charge is -2.16. The number of nitrogens with zero attached hydrogens (tertiary/aromatic N) is 3. The summed E-state index contributed by atoms with van der Waals surface area (Å²) in [5.74, 6) is 8.32. The zero-order chi connectivity index (χ0) is 26.2. The van der Waals surface area contributed by atoms with Gasteiger partial charge in [0.1, 0.15) is 29.6 Å². The number of amides is 3. The molecular formula is C23H24FN9O3. The highest BCUT2D eigenvalue weighted by Gasteiger charge is 2.23. The van der Waals surface area contributed by atoms with Crippen molar-refractivity contribution in [3.63, 3.8) is 0 Å². The Balaban J connectivity index is 1.71. The average molecular weight is 494 g/mol. The summed E-state index contributed by atoms with van der Waals surface area (Å²) < 4.78 is 13.4. The number of rotatable bonds is 8. The molecule has 0 bridgehead atoms. The second-order valence-corrected chi connectivity index (χ2v) is 7.61.